The van der Waals surface area contributed by atoms with Crippen molar-refractivity contribution < 1.29 is 19.5 Å². The first-order valence-electron chi connectivity index (χ1n) is 12.1. The van der Waals surface area contributed by atoms with Gasteiger partial charge in [-0.2, -0.15) is 0 Å². The number of nitrogens with one attached hydrogen (secondary N) is 2. The van der Waals surface area contributed by atoms with Gasteiger partial charge in [0.25, 0.3) is 0 Å². The fraction of sp³-hybridized carbons (Fsp3) is 0.321. The van der Waals surface area contributed by atoms with E-state index in [0.29, 0.717) is 13.0 Å². The molecule has 2 aliphatic heterocycles. The molecular formula is C28H29N3O4. The number of para-hydroxylation sites is 1. The molecule has 0 radical (unpaired) electrons. The Morgan fingerprint density at radius 1 is 1.09 bits per heavy atom. The molecule has 2 aliphatic rings. The molecule has 0 bridgehead atoms. The van der Waals surface area contributed by atoms with E-state index in [0.717, 1.165) is 28.5 Å². The van der Waals surface area contributed by atoms with Gasteiger partial charge in [0, 0.05) is 36.1 Å². The Kier molecular flexibility index (Phi) is 6.03. The van der Waals surface area contributed by atoms with Gasteiger partial charge in [-0.1, -0.05) is 74.0 Å². The maximum Gasteiger partial charge on any atom is 0.325 e. The Balaban J connectivity index is 1.57. The van der Waals surface area contributed by atoms with Crippen LogP contribution in [-0.4, -0.2) is 50.9 Å². The molecule has 2 aromatic carbocycles. The number of imide groups is 1. The minimum atomic E-state index is -1.60. The molecule has 2 saturated heterocycles. The van der Waals surface area contributed by atoms with Crippen molar-refractivity contribution in [3.8, 4) is 0 Å². The van der Waals surface area contributed by atoms with Crippen molar-refractivity contribution in [3.63, 3.8) is 0 Å². The fourth-order valence-electron chi connectivity index (χ4n) is 5.60. The summed E-state index contributed by atoms with van der Waals surface area (Å²) in [5.41, 5.74) is 1.04. The normalized spacial score (nSPS) is 26.2. The lowest BCUT2D eigenvalue weighted by Gasteiger charge is -2.31. The van der Waals surface area contributed by atoms with Gasteiger partial charge in [-0.25, -0.2) is 0 Å². The summed E-state index contributed by atoms with van der Waals surface area (Å²) in [5.74, 6) is -3.54. The third-order valence-electron chi connectivity index (χ3n) is 7.34. The zero-order chi connectivity index (χ0) is 24.6. The Bertz CT molecular complexity index is 1300. The molecule has 180 valence electrons. The summed E-state index contributed by atoms with van der Waals surface area (Å²) in [5, 5.41) is 14.7. The molecular weight excluding hydrogens is 442 g/mol. The molecule has 5 rings (SSSR count). The van der Waals surface area contributed by atoms with Gasteiger partial charge in [0.2, 0.25) is 11.8 Å². The monoisotopic (exact) mass is 471 g/mol. The van der Waals surface area contributed by atoms with Crippen molar-refractivity contribution in [3.05, 3.63) is 78.0 Å². The SMILES string of the molecule is CCCCN1C(=O)C2C(/C=C/c3ccccc3)NC(Cc3c[nH]c4ccccc34)(C(=O)O)C2C1=O. The molecule has 4 atom stereocenters. The number of benzene rings is 2. The van der Waals surface area contributed by atoms with E-state index in [9.17, 15) is 19.5 Å². The van der Waals surface area contributed by atoms with E-state index in [1.165, 1.54) is 4.90 Å². The minimum absolute atomic E-state index is 0.0871. The number of unbranched alkanes of at least 4 members (excludes halogenated alkanes) is 1. The Labute approximate surface area is 203 Å². The molecule has 2 fully saturated rings. The van der Waals surface area contributed by atoms with Crippen molar-refractivity contribution in [1.82, 2.24) is 15.2 Å². The summed E-state index contributed by atoms with van der Waals surface area (Å²) < 4.78 is 0. The van der Waals surface area contributed by atoms with E-state index in [1.807, 2.05) is 73.7 Å². The van der Waals surface area contributed by atoms with Crippen molar-refractivity contribution in [2.45, 2.75) is 37.8 Å². The molecule has 1 aromatic heterocycles. The molecule has 7 heteroatoms. The number of H-pyrrole nitrogens is 1. The summed E-state index contributed by atoms with van der Waals surface area (Å²) in [4.78, 5) is 44.5. The first-order valence-corrected chi connectivity index (χ1v) is 12.1. The molecule has 0 saturated carbocycles. The van der Waals surface area contributed by atoms with Gasteiger partial charge in [-0.15, -0.1) is 0 Å². The third kappa shape index (κ3) is 3.86. The Hall–Kier alpha value is -3.71. The Morgan fingerprint density at radius 3 is 2.57 bits per heavy atom. The number of carbonyl (C=O) groups is 3. The number of carboxylic acid groups (broad SMARTS) is 1. The number of nitrogens with zero attached hydrogens (tertiary/aromatic N) is 1. The number of hydrogen-bond donors (Lipinski definition) is 3. The summed E-state index contributed by atoms with van der Waals surface area (Å²) in [6.07, 6.45) is 7.13. The second-order valence-corrected chi connectivity index (χ2v) is 9.44. The maximum absolute atomic E-state index is 13.6. The average Bonchev–Trinajstić information content (AvgIpc) is 3.50. The number of likely N-dealkylation sites (tertiary alicyclic amines) is 1. The summed E-state index contributed by atoms with van der Waals surface area (Å²) in [6, 6.07) is 16.7. The first kappa shape index (κ1) is 23.1. The minimum Gasteiger partial charge on any atom is -0.480 e. The predicted octanol–water partition coefficient (Wildman–Crippen LogP) is 3.62. The van der Waals surface area contributed by atoms with Crippen LogP contribution in [0.15, 0.2) is 66.9 Å². The van der Waals surface area contributed by atoms with Crippen molar-refractivity contribution >= 4 is 34.8 Å². The van der Waals surface area contributed by atoms with Gasteiger partial charge < -0.3 is 10.1 Å². The van der Waals surface area contributed by atoms with Crippen LogP contribution in [-0.2, 0) is 20.8 Å². The highest BCUT2D eigenvalue weighted by atomic mass is 16.4. The molecule has 3 heterocycles. The van der Waals surface area contributed by atoms with E-state index >= 15 is 0 Å². The number of aromatic nitrogens is 1. The zero-order valence-corrected chi connectivity index (χ0v) is 19.6. The molecule has 4 unspecified atom stereocenters. The van der Waals surface area contributed by atoms with Gasteiger partial charge in [0.1, 0.15) is 5.54 Å². The highest BCUT2D eigenvalue weighted by Gasteiger charge is 2.67. The van der Waals surface area contributed by atoms with Crippen LogP contribution in [0.4, 0.5) is 0 Å². The first-order chi connectivity index (χ1) is 17.0. The molecule has 0 aliphatic carbocycles. The quantitative estimate of drug-likeness (QED) is 0.436. The lowest BCUT2D eigenvalue weighted by Crippen LogP contribution is -2.58. The van der Waals surface area contributed by atoms with Crippen LogP contribution < -0.4 is 5.32 Å². The summed E-state index contributed by atoms with van der Waals surface area (Å²) >= 11 is 0. The van der Waals surface area contributed by atoms with Crippen molar-refractivity contribution in [1.29, 1.82) is 0 Å². The van der Waals surface area contributed by atoms with Crippen LogP contribution >= 0.6 is 0 Å². The topological polar surface area (TPSA) is 102 Å². The van der Waals surface area contributed by atoms with Crippen LogP contribution in [0, 0.1) is 11.8 Å². The van der Waals surface area contributed by atoms with E-state index in [4.69, 9.17) is 0 Å². The summed E-state index contributed by atoms with van der Waals surface area (Å²) in [6.45, 7) is 2.32. The predicted molar refractivity (Wildman–Crippen MR) is 133 cm³/mol. The van der Waals surface area contributed by atoms with Gasteiger partial charge in [-0.3, -0.25) is 24.6 Å². The Morgan fingerprint density at radius 2 is 1.83 bits per heavy atom. The highest BCUT2D eigenvalue weighted by molar-refractivity contribution is 6.09. The van der Waals surface area contributed by atoms with Crippen LogP contribution in [0.25, 0.3) is 17.0 Å². The van der Waals surface area contributed by atoms with Crippen LogP contribution in [0.1, 0.15) is 30.9 Å². The van der Waals surface area contributed by atoms with Crippen LogP contribution in [0.5, 0.6) is 0 Å². The van der Waals surface area contributed by atoms with Crippen LogP contribution in [0.2, 0.25) is 0 Å². The van der Waals surface area contributed by atoms with E-state index in [1.54, 1.807) is 6.20 Å². The lowest BCUT2D eigenvalue weighted by atomic mass is 9.76. The number of hydrogen-bond acceptors (Lipinski definition) is 4. The molecule has 35 heavy (non-hydrogen) atoms. The lowest BCUT2D eigenvalue weighted by molar-refractivity contribution is -0.151. The molecule has 7 nitrogen and oxygen atoms in total. The van der Waals surface area contributed by atoms with Gasteiger partial charge in [-0.05, 0) is 23.6 Å². The number of carbonyl (C=O) groups excluding carboxylic acids is 2. The summed E-state index contributed by atoms with van der Waals surface area (Å²) in [7, 11) is 0. The molecule has 3 aromatic rings. The number of aliphatic carboxylic acids is 1. The van der Waals surface area contributed by atoms with Gasteiger partial charge in [0.05, 0.1) is 11.8 Å². The number of rotatable bonds is 8. The van der Waals surface area contributed by atoms with Gasteiger partial charge in [0.15, 0.2) is 0 Å². The number of amides is 2. The fourth-order valence-corrected chi connectivity index (χ4v) is 5.60. The van der Waals surface area contributed by atoms with E-state index < -0.39 is 29.4 Å². The van der Waals surface area contributed by atoms with Crippen molar-refractivity contribution in [2.75, 3.05) is 6.54 Å². The second-order valence-electron chi connectivity index (χ2n) is 9.44. The largest absolute Gasteiger partial charge is 0.480 e. The third-order valence-corrected chi connectivity index (χ3v) is 7.34. The zero-order valence-electron chi connectivity index (χ0n) is 19.6. The maximum atomic E-state index is 13.6. The number of carboxylic acids is 1. The number of fused-ring (bicyclic) bond motifs is 2. The smallest absolute Gasteiger partial charge is 0.325 e. The average molecular weight is 472 g/mol. The molecule has 2 amide bonds. The second kappa shape index (κ2) is 9.15. The van der Waals surface area contributed by atoms with E-state index in [-0.39, 0.29) is 18.2 Å². The molecule has 3 N–H and O–H groups in total. The number of aromatic amines is 1. The van der Waals surface area contributed by atoms with Gasteiger partial charge >= 0.3 is 5.97 Å². The van der Waals surface area contributed by atoms with E-state index in [2.05, 4.69) is 10.3 Å². The standard InChI is InChI=1S/C28H29N3O4/c1-2-3-15-31-25(32)23-22(14-13-18-9-5-4-6-10-18)30-28(27(34)35,24(23)26(31)33)16-19-17-29-21-12-8-7-11-20(19)21/h4-14,17,22-24,29-30H,2-3,15-16H2,1H3,(H,34,35)/b14-13+. The molecule has 0 spiro atoms. The highest BCUT2D eigenvalue weighted by Crippen LogP contribution is 2.45. The van der Waals surface area contributed by atoms with Crippen molar-refractivity contribution in [2.24, 2.45) is 11.8 Å². The van der Waals surface area contributed by atoms with Crippen LogP contribution in [0.3, 0.4) is 0 Å².